The average molecular weight is 230 g/mol. The van der Waals surface area contributed by atoms with Crippen LogP contribution in [0.15, 0.2) is 12.1 Å². The van der Waals surface area contributed by atoms with Gasteiger partial charge in [0.2, 0.25) is 0 Å². The minimum Gasteiger partial charge on any atom is -0.495 e. The van der Waals surface area contributed by atoms with Crippen molar-refractivity contribution in [1.82, 2.24) is 5.32 Å². The third-order valence-corrected chi connectivity index (χ3v) is 3.61. The lowest BCUT2D eigenvalue weighted by molar-refractivity contribution is 0.406. The van der Waals surface area contributed by atoms with Gasteiger partial charge in [-0.15, -0.1) is 0 Å². The van der Waals surface area contributed by atoms with E-state index in [2.05, 4.69) is 24.4 Å². The summed E-state index contributed by atoms with van der Waals surface area (Å²) in [5, 5.41) is 12.7. The van der Waals surface area contributed by atoms with Crippen LogP contribution < -0.4 is 10.1 Å². The van der Waals surface area contributed by atoms with Gasteiger partial charge < -0.3 is 10.1 Å². The van der Waals surface area contributed by atoms with E-state index in [-0.39, 0.29) is 5.54 Å². The molecule has 1 unspecified atom stereocenters. The molecule has 3 heteroatoms. The first kappa shape index (κ1) is 11.9. The van der Waals surface area contributed by atoms with Crippen LogP contribution in [0.25, 0.3) is 0 Å². The number of nitriles is 1. The maximum absolute atomic E-state index is 9.17. The Balaban J connectivity index is 2.51. The molecule has 90 valence electrons. The molecule has 3 nitrogen and oxygen atoms in total. The second kappa shape index (κ2) is 4.38. The third kappa shape index (κ3) is 2.01. The summed E-state index contributed by atoms with van der Waals surface area (Å²) in [6.07, 6.45) is 2.30. The molecule has 17 heavy (non-hydrogen) atoms. The van der Waals surface area contributed by atoms with Gasteiger partial charge in [0, 0.05) is 5.54 Å². The molecule has 0 saturated carbocycles. The molecule has 1 aromatic carbocycles. The van der Waals surface area contributed by atoms with Gasteiger partial charge in [0.05, 0.1) is 12.7 Å². The Labute approximate surface area is 102 Å². The van der Waals surface area contributed by atoms with Crippen LogP contribution >= 0.6 is 0 Å². The van der Waals surface area contributed by atoms with E-state index >= 15 is 0 Å². The van der Waals surface area contributed by atoms with Crippen molar-refractivity contribution < 1.29 is 4.74 Å². The van der Waals surface area contributed by atoms with Gasteiger partial charge >= 0.3 is 0 Å². The Morgan fingerprint density at radius 2 is 2.24 bits per heavy atom. The number of aryl methyl sites for hydroxylation is 1. The fraction of sp³-hybridized carbons (Fsp3) is 0.500. The number of hydrogen-bond donors (Lipinski definition) is 1. The van der Waals surface area contributed by atoms with Crippen LogP contribution in [0.5, 0.6) is 5.75 Å². The number of methoxy groups -OCH3 is 1. The zero-order chi connectivity index (χ0) is 12.5. The summed E-state index contributed by atoms with van der Waals surface area (Å²) in [5.74, 6) is 0.692. The molecule has 1 aromatic rings. The Hall–Kier alpha value is -1.53. The van der Waals surface area contributed by atoms with Gasteiger partial charge in [-0.05, 0) is 50.4 Å². The minimum atomic E-state index is 0.00261. The van der Waals surface area contributed by atoms with Crippen molar-refractivity contribution in [3.8, 4) is 11.8 Å². The number of rotatable bonds is 2. The van der Waals surface area contributed by atoms with Gasteiger partial charge in [-0.2, -0.15) is 5.26 Å². The van der Waals surface area contributed by atoms with Crippen molar-refractivity contribution in [2.24, 2.45) is 0 Å². The van der Waals surface area contributed by atoms with Crippen molar-refractivity contribution >= 4 is 0 Å². The van der Waals surface area contributed by atoms with Crippen LogP contribution in [0.4, 0.5) is 0 Å². The summed E-state index contributed by atoms with van der Waals surface area (Å²) < 4.78 is 5.27. The maximum atomic E-state index is 9.17. The number of benzene rings is 1. The van der Waals surface area contributed by atoms with Crippen LogP contribution in [0.2, 0.25) is 0 Å². The molecule has 0 spiro atoms. The third-order valence-electron chi connectivity index (χ3n) is 3.61. The van der Waals surface area contributed by atoms with Gasteiger partial charge in [-0.25, -0.2) is 0 Å². The summed E-state index contributed by atoms with van der Waals surface area (Å²) >= 11 is 0. The quantitative estimate of drug-likeness (QED) is 0.849. The van der Waals surface area contributed by atoms with Crippen molar-refractivity contribution in [1.29, 1.82) is 5.26 Å². The molecular weight excluding hydrogens is 212 g/mol. The van der Waals surface area contributed by atoms with Crippen LogP contribution in [0.3, 0.4) is 0 Å². The summed E-state index contributed by atoms with van der Waals surface area (Å²) in [7, 11) is 1.61. The zero-order valence-corrected chi connectivity index (χ0v) is 10.6. The highest BCUT2D eigenvalue weighted by Crippen LogP contribution is 2.34. The summed E-state index contributed by atoms with van der Waals surface area (Å²) in [4.78, 5) is 0. The van der Waals surface area contributed by atoms with Crippen molar-refractivity contribution in [3.63, 3.8) is 0 Å². The Kier molecular flexibility index (Phi) is 3.08. The largest absolute Gasteiger partial charge is 0.495 e. The Morgan fingerprint density at radius 1 is 1.47 bits per heavy atom. The molecule has 1 aliphatic heterocycles. The summed E-state index contributed by atoms with van der Waals surface area (Å²) in [5.41, 5.74) is 2.83. The normalized spacial score (nSPS) is 23.4. The highest BCUT2D eigenvalue weighted by Gasteiger charge is 2.31. The Bertz CT molecular complexity index is 468. The number of nitrogens with zero attached hydrogens (tertiary/aromatic N) is 1. The number of hydrogen-bond acceptors (Lipinski definition) is 3. The predicted molar refractivity (Wildman–Crippen MR) is 67.0 cm³/mol. The summed E-state index contributed by atoms with van der Waals surface area (Å²) in [6.45, 7) is 5.23. The van der Waals surface area contributed by atoms with E-state index in [4.69, 9.17) is 4.74 Å². The molecule has 1 saturated heterocycles. The van der Waals surface area contributed by atoms with Gasteiger partial charge in [0.1, 0.15) is 11.8 Å². The minimum absolute atomic E-state index is 0.00261. The summed E-state index contributed by atoms with van der Waals surface area (Å²) in [6, 6.07) is 6.29. The smallest absolute Gasteiger partial charge is 0.139 e. The lowest BCUT2D eigenvalue weighted by atomic mass is 9.88. The monoisotopic (exact) mass is 230 g/mol. The molecule has 0 bridgehead atoms. The highest BCUT2D eigenvalue weighted by atomic mass is 16.5. The second-order valence-electron chi connectivity index (χ2n) is 4.85. The molecule has 0 aliphatic carbocycles. The van der Waals surface area contributed by atoms with E-state index in [1.54, 1.807) is 7.11 Å². The maximum Gasteiger partial charge on any atom is 0.139 e. The first-order valence-electron chi connectivity index (χ1n) is 5.95. The van der Waals surface area contributed by atoms with E-state index in [1.165, 1.54) is 12.0 Å². The van der Waals surface area contributed by atoms with E-state index in [1.807, 2.05) is 13.0 Å². The number of ether oxygens (including phenoxy) is 1. The molecule has 1 heterocycles. The fourth-order valence-electron chi connectivity index (χ4n) is 2.59. The van der Waals surface area contributed by atoms with E-state index in [9.17, 15) is 5.26 Å². The molecule has 1 aliphatic rings. The van der Waals surface area contributed by atoms with E-state index in [0.29, 0.717) is 11.3 Å². The van der Waals surface area contributed by atoms with Crippen LogP contribution in [-0.2, 0) is 5.54 Å². The van der Waals surface area contributed by atoms with Crippen LogP contribution in [0.1, 0.15) is 36.5 Å². The average Bonchev–Trinajstić information content (AvgIpc) is 2.76. The lowest BCUT2D eigenvalue weighted by Gasteiger charge is -2.26. The van der Waals surface area contributed by atoms with E-state index < -0.39 is 0 Å². The molecule has 1 N–H and O–H groups in total. The van der Waals surface area contributed by atoms with Crippen LogP contribution in [-0.4, -0.2) is 13.7 Å². The predicted octanol–water partition coefficient (Wildman–Crippen LogP) is 2.47. The molecule has 1 atom stereocenters. The SMILES string of the molecule is COc1c(C)cc(C2(C)CCCN2)cc1C#N. The fourth-order valence-corrected chi connectivity index (χ4v) is 2.59. The molecular formula is C14H18N2O. The molecule has 2 rings (SSSR count). The van der Waals surface area contributed by atoms with Gasteiger partial charge in [-0.1, -0.05) is 6.07 Å². The van der Waals surface area contributed by atoms with Crippen molar-refractivity contribution in [2.45, 2.75) is 32.2 Å². The van der Waals surface area contributed by atoms with Crippen molar-refractivity contribution in [3.05, 3.63) is 28.8 Å². The van der Waals surface area contributed by atoms with Gasteiger partial charge in [-0.3, -0.25) is 0 Å². The lowest BCUT2D eigenvalue weighted by Crippen LogP contribution is -2.33. The molecule has 0 amide bonds. The topological polar surface area (TPSA) is 45.0 Å². The molecule has 0 radical (unpaired) electrons. The first-order chi connectivity index (χ1) is 8.10. The molecule has 1 fully saturated rings. The first-order valence-corrected chi connectivity index (χ1v) is 5.95. The van der Waals surface area contributed by atoms with Crippen molar-refractivity contribution in [2.75, 3.05) is 13.7 Å². The van der Waals surface area contributed by atoms with E-state index in [0.717, 1.165) is 18.5 Å². The van der Waals surface area contributed by atoms with Gasteiger partial charge in [0.25, 0.3) is 0 Å². The Morgan fingerprint density at radius 3 is 2.76 bits per heavy atom. The van der Waals surface area contributed by atoms with Crippen LogP contribution in [0, 0.1) is 18.3 Å². The zero-order valence-electron chi connectivity index (χ0n) is 10.6. The van der Waals surface area contributed by atoms with Gasteiger partial charge in [0.15, 0.2) is 0 Å². The molecule has 0 aromatic heterocycles. The highest BCUT2D eigenvalue weighted by molar-refractivity contribution is 5.52. The standard InChI is InChI=1S/C14H18N2O/c1-10-7-12(14(2)5-4-6-16-14)8-11(9-15)13(10)17-3/h7-8,16H,4-6H2,1-3H3. The second-order valence-corrected chi connectivity index (χ2v) is 4.85. The number of nitrogens with one attached hydrogen (secondary N) is 1.